The molecule has 0 aliphatic carbocycles. The van der Waals surface area contributed by atoms with Gasteiger partial charge in [-0.15, -0.1) is 0 Å². The zero-order valence-corrected chi connectivity index (χ0v) is 13.1. The third-order valence-corrected chi connectivity index (χ3v) is 3.96. The van der Waals surface area contributed by atoms with Gasteiger partial charge in [-0.3, -0.25) is 4.98 Å². The van der Waals surface area contributed by atoms with Crippen LogP contribution in [0.3, 0.4) is 0 Å². The highest BCUT2D eigenvalue weighted by atomic mass is 15.1. The number of para-hydroxylation sites is 2. The fourth-order valence-electron chi connectivity index (χ4n) is 2.67. The fourth-order valence-corrected chi connectivity index (χ4v) is 2.67. The lowest BCUT2D eigenvalue weighted by Gasteiger charge is -2.16. The van der Waals surface area contributed by atoms with E-state index in [9.17, 15) is 0 Å². The summed E-state index contributed by atoms with van der Waals surface area (Å²) >= 11 is 0. The summed E-state index contributed by atoms with van der Waals surface area (Å²) in [6.45, 7) is 5.41. The number of fused-ring (bicyclic) bond motifs is 1. The molecule has 0 fully saturated rings. The number of nitrogens with zero attached hydrogens (tertiary/aromatic N) is 3. The van der Waals surface area contributed by atoms with Gasteiger partial charge < -0.3 is 10.3 Å². The summed E-state index contributed by atoms with van der Waals surface area (Å²) in [5, 5.41) is 0. The van der Waals surface area contributed by atoms with Gasteiger partial charge in [0.25, 0.3) is 0 Å². The van der Waals surface area contributed by atoms with Crippen LogP contribution in [-0.2, 0) is 6.54 Å². The van der Waals surface area contributed by atoms with E-state index in [1.165, 1.54) is 0 Å². The van der Waals surface area contributed by atoms with Gasteiger partial charge in [0.1, 0.15) is 5.82 Å². The molecule has 3 rings (SSSR count). The van der Waals surface area contributed by atoms with E-state index in [1.807, 2.05) is 24.3 Å². The summed E-state index contributed by atoms with van der Waals surface area (Å²) < 4.78 is 2.26. The third-order valence-electron chi connectivity index (χ3n) is 3.96. The van der Waals surface area contributed by atoms with Crippen molar-refractivity contribution in [3.8, 4) is 0 Å². The van der Waals surface area contributed by atoms with Gasteiger partial charge in [0.15, 0.2) is 0 Å². The van der Waals surface area contributed by atoms with Crippen molar-refractivity contribution in [1.82, 2.24) is 14.5 Å². The average molecular weight is 294 g/mol. The molecule has 0 bridgehead atoms. The normalized spacial score (nSPS) is 12.9. The Balaban J connectivity index is 2.05. The highest BCUT2D eigenvalue weighted by molar-refractivity contribution is 5.76. The summed E-state index contributed by atoms with van der Waals surface area (Å²) in [6.07, 6.45) is 4.66. The van der Waals surface area contributed by atoms with Crippen LogP contribution < -0.4 is 5.73 Å². The van der Waals surface area contributed by atoms with Crippen LogP contribution in [0.1, 0.15) is 37.7 Å². The molecule has 0 radical (unpaired) electrons. The lowest BCUT2D eigenvalue weighted by molar-refractivity contribution is 0.507. The van der Waals surface area contributed by atoms with Crippen LogP contribution in [0.25, 0.3) is 11.0 Å². The molecular weight excluding hydrogens is 272 g/mol. The zero-order valence-electron chi connectivity index (χ0n) is 13.1. The molecular formula is C18H22N4. The van der Waals surface area contributed by atoms with Crippen molar-refractivity contribution in [3.05, 3.63) is 60.2 Å². The number of benzene rings is 1. The Labute approximate surface area is 131 Å². The number of hydrogen-bond acceptors (Lipinski definition) is 3. The first kappa shape index (κ1) is 14.7. The van der Waals surface area contributed by atoms with Crippen LogP contribution in [0, 0.1) is 5.92 Å². The van der Waals surface area contributed by atoms with E-state index >= 15 is 0 Å². The molecule has 0 amide bonds. The lowest BCUT2D eigenvalue weighted by atomic mass is 10.1. The Kier molecular flexibility index (Phi) is 4.20. The van der Waals surface area contributed by atoms with Crippen molar-refractivity contribution in [2.75, 3.05) is 0 Å². The standard InChI is InChI=1S/C18H22N4/c1-13(2)9-12-22-16-6-4-3-5-15(16)21-18(22)17(19)14-7-10-20-11-8-14/h3-8,10-11,13,17H,9,12,19H2,1-2H3. The first-order valence-corrected chi connectivity index (χ1v) is 7.77. The average Bonchev–Trinajstić information content (AvgIpc) is 2.91. The van der Waals surface area contributed by atoms with Gasteiger partial charge in [-0.05, 0) is 42.2 Å². The van der Waals surface area contributed by atoms with Crippen LogP contribution in [-0.4, -0.2) is 14.5 Å². The van der Waals surface area contributed by atoms with Crippen LogP contribution in [0.4, 0.5) is 0 Å². The van der Waals surface area contributed by atoms with Gasteiger partial charge in [-0.2, -0.15) is 0 Å². The van der Waals surface area contributed by atoms with Gasteiger partial charge in [-0.25, -0.2) is 4.98 Å². The molecule has 4 nitrogen and oxygen atoms in total. The van der Waals surface area contributed by atoms with Gasteiger partial charge >= 0.3 is 0 Å². The number of hydrogen-bond donors (Lipinski definition) is 1. The molecule has 0 aliphatic heterocycles. The van der Waals surface area contributed by atoms with Crippen molar-refractivity contribution in [2.45, 2.75) is 32.9 Å². The van der Waals surface area contributed by atoms with Crippen LogP contribution in [0.5, 0.6) is 0 Å². The largest absolute Gasteiger partial charge is 0.326 e. The summed E-state index contributed by atoms with van der Waals surface area (Å²) in [4.78, 5) is 8.85. The molecule has 1 aromatic carbocycles. The number of pyridine rings is 1. The molecule has 2 aromatic heterocycles. The molecule has 114 valence electrons. The summed E-state index contributed by atoms with van der Waals surface area (Å²) in [5.74, 6) is 1.57. The molecule has 0 spiro atoms. The van der Waals surface area contributed by atoms with E-state index in [2.05, 4.69) is 35.5 Å². The van der Waals surface area contributed by atoms with Gasteiger partial charge in [0.05, 0.1) is 17.1 Å². The zero-order chi connectivity index (χ0) is 15.5. The van der Waals surface area contributed by atoms with Crippen molar-refractivity contribution in [1.29, 1.82) is 0 Å². The minimum absolute atomic E-state index is 0.234. The van der Waals surface area contributed by atoms with Crippen molar-refractivity contribution in [3.63, 3.8) is 0 Å². The Morgan fingerprint density at radius 3 is 2.55 bits per heavy atom. The van der Waals surface area contributed by atoms with E-state index < -0.39 is 0 Å². The maximum atomic E-state index is 6.48. The van der Waals surface area contributed by atoms with E-state index in [0.717, 1.165) is 35.4 Å². The Morgan fingerprint density at radius 1 is 1.09 bits per heavy atom. The number of imidazole rings is 1. The van der Waals surface area contributed by atoms with E-state index in [4.69, 9.17) is 10.7 Å². The summed E-state index contributed by atoms with van der Waals surface area (Å²) in [6, 6.07) is 11.9. The van der Waals surface area contributed by atoms with Crippen molar-refractivity contribution in [2.24, 2.45) is 11.7 Å². The first-order chi connectivity index (χ1) is 10.7. The molecule has 0 saturated carbocycles. The Bertz CT molecular complexity index is 746. The van der Waals surface area contributed by atoms with Gasteiger partial charge in [0, 0.05) is 18.9 Å². The number of rotatable bonds is 5. The predicted octanol–water partition coefficient (Wildman–Crippen LogP) is 3.53. The monoisotopic (exact) mass is 294 g/mol. The highest BCUT2D eigenvalue weighted by Gasteiger charge is 2.18. The third kappa shape index (κ3) is 2.88. The molecule has 22 heavy (non-hydrogen) atoms. The highest BCUT2D eigenvalue weighted by Crippen LogP contribution is 2.24. The maximum Gasteiger partial charge on any atom is 0.131 e. The molecule has 2 heterocycles. The summed E-state index contributed by atoms with van der Waals surface area (Å²) in [5.41, 5.74) is 9.67. The second-order valence-corrected chi connectivity index (χ2v) is 6.05. The first-order valence-electron chi connectivity index (χ1n) is 7.77. The van der Waals surface area contributed by atoms with E-state index in [0.29, 0.717) is 5.92 Å². The molecule has 0 saturated heterocycles. The number of nitrogens with two attached hydrogens (primary N) is 1. The maximum absolute atomic E-state index is 6.48. The van der Waals surface area contributed by atoms with Crippen LogP contribution >= 0.6 is 0 Å². The van der Waals surface area contributed by atoms with Crippen molar-refractivity contribution >= 4 is 11.0 Å². The minimum atomic E-state index is -0.234. The van der Waals surface area contributed by atoms with Crippen molar-refractivity contribution < 1.29 is 0 Å². The Hall–Kier alpha value is -2.20. The topological polar surface area (TPSA) is 56.7 Å². The number of aromatic nitrogens is 3. The molecule has 1 atom stereocenters. The molecule has 4 heteroatoms. The van der Waals surface area contributed by atoms with Crippen LogP contribution in [0.2, 0.25) is 0 Å². The van der Waals surface area contributed by atoms with E-state index in [1.54, 1.807) is 12.4 Å². The molecule has 2 N–H and O–H groups in total. The lowest BCUT2D eigenvalue weighted by Crippen LogP contribution is -2.18. The fraction of sp³-hybridized carbons (Fsp3) is 0.333. The minimum Gasteiger partial charge on any atom is -0.326 e. The quantitative estimate of drug-likeness (QED) is 0.783. The van der Waals surface area contributed by atoms with Gasteiger partial charge in [-0.1, -0.05) is 26.0 Å². The second-order valence-electron chi connectivity index (χ2n) is 6.05. The molecule has 3 aromatic rings. The van der Waals surface area contributed by atoms with Gasteiger partial charge in [0.2, 0.25) is 0 Å². The van der Waals surface area contributed by atoms with E-state index in [-0.39, 0.29) is 6.04 Å². The smallest absolute Gasteiger partial charge is 0.131 e. The van der Waals surface area contributed by atoms with Crippen LogP contribution in [0.15, 0.2) is 48.8 Å². The molecule has 0 aliphatic rings. The second kappa shape index (κ2) is 6.28. The predicted molar refractivity (Wildman–Crippen MR) is 89.5 cm³/mol. The number of aryl methyl sites for hydroxylation is 1. The summed E-state index contributed by atoms with van der Waals surface area (Å²) in [7, 11) is 0. The SMILES string of the molecule is CC(C)CCn1c(C(N)c2ccncc2)nc2ccccc21. The Morgan fingerprint density at radius 2 is 1.82 bits per heavy atom. The molecule has 1 unspecified atom stereocenters.